The lowest BCUT2D eigenvalue weighted by molar-refractivity contribution is -0.132. The molecule has 2 aromatic heterocycles. The van der Waals surface area contributed by atoms with E-state index in [1.54, 1.807) is 18.0 Å². The van der Waals surface area contributed by atoms with Crippen LogP contribution in [-0.2, 0) is 33.9 Å². The number of imidazole rings is 1. The fourth-order valence-electron chi connectivity index (χ4n) is 5.25. The summed E-state index contributed by atoms with van der Waals surface area (Å²) < 4.78 is 3.85. The normalized spacial score (nSPS) is 18.6. The van der Waals surface area contributed by atoms with Gasteiger partial charge in [0.1, 0.15) is 11.9 Å². The van der Waals surface area contributed by atoms with Crippen LogP contribution in [0.2, 0.25) is 0 Å². The topological polar surface area (TPSA) is 127 Å². The van der Waals surface area contributed by atoms with Crippen LogP contribution in [0, 0.1) is 5.92 Å². The molecule has 4 rings (SSSR count). The van der Waals surface area contributed by atoms with Gasteiger partial charge in [0.15, 0.2) is 11.6 Å². The first-order valence-electron chi connectivity index (χ1n) is 15.2. The van der Waals surface area contributed by atoms with Crippen molar-refractivity contribution in [2.45, 2.75) is 78.0 Å². The molecule has 3 amide bonds. The van der Waals surface area contributed by atoms with E-state index in [0.29, 0.717) is 57.1 Å². The largest absolute Gasteiger partial charge is 0.344 e. The molecule has 0 radical (unpaired) electrons. The zero-order valence-corrected chi connectivity index (χ0v) is 26.5. The monoisotopic (exact) mass is 608 g/mol. The Kier molecular flexibility index (Phi) is 11.8. The minimum absolute atomic E-state index is 0.000933. The number of carbonyl (C=O) groups excluding carboxylic acids is 3. The molecule has 2 N–H and O–H groups in total. The lowest BCUT2D eigenvalue weighted by atomic mass is 10.0. The Morgan fingerprint density at radius 3 is 2.63 bits per heavy atom. The number of hydrogen-bond donors (Lipinski definition) is 2. The van der Waals surface area contributed by atoms with E-state index >= 15 is 0 Å². The van der Waals surface area contributed by atoms with Crippen LogP contribution in [-0.4, -0.2) is 78.1 Å². The minimum atomic E-state index is -0.658. The zero-order valence-electron chi connectivity index (χ0n) is 25.7. The van der Waals surface area contributed by atoms with Gasteiger partial charge in [-0.05, 0) is 30.8 Å². The first-order valence-corrected chi connectivity index (χ1v) is 16.6. The summed E-state index contributed by atoms with van der Waals surface area (Å²) in [6.07, 6.45) is 8.01. The van der Waals surface area contributed by atoms with Crippen molar-refractivity contribution in [3.05, 3.63) is 54.4 Å². The van der Waals surface area contributed by atoms with Gasteiger partial charge in [-0.1, -0.05) is 51.1 Å². The Hall–Kier alpha value is -3.67. The molecule has 2 atom stereocenters. The van der Waals surface area contributed by atoms with Crippen LogP contribution in [0.1, 0.15) is 64.1 Å². The van der Waals surface area contributed by atoms with Crippen molar-refractivity contribution < 1.29 is 14.4 Å². The third kappa shape index (κ3) is 8.68. The molecule has 1 aromatic carbocycles. The van der Waals surface area contributed by atoms with Crippen molar-refractivity contribution >= 4 is 29.5 Å². The van der Waals surface area contributed by atoms with Gasteiger partial charge in [0.05, 0.1) is 12.6 Å². The maximum absolute atomic E-state index is 13.5. The van der Waals surface area contributed by atoms with Gasteiger partial charge in [-0.3, -0.25) is 14.4 Å². The van der Waals surface area contributed by atoms with Crippen molar-refractivity contribution in [2.24, 2.45) is 5.92 Å². The Morgan fingerprint density at radius 1 is 1.12 bits per heavy atom. The van der Waals surface area contributed by atoms with Crippen LogP contribution in [0.25, 0.3) is 11.4 Å². The number of carbonyl (C=O) groups is 3. The molecule has 3 heterocycles. The second-order valence-corrected chi connectivity index (χ2v) is 12.1. The summed E-state index contributed by atoms with van der Waals surface area (Å²) in [6.45, 7) is 7.90. The van der Waals surface area contributed by atoms with Crippen LogP contribution in [0.5, 0.6) is 0 Å². The molecule has 0 unspecified atom stereocenters. The average molecular weight is 609 g/mol. The van der Waals surface area contributed by atoms with E-state index < -0.39 is 12.1 Å². The number of thioether (sulfide) groups is 1. The fraction of sp³-hybridized carbons (Fsp3) is 0.548. The highest BCUT2D eigenvalue weighted by atomic mass is 32.2. The van der Waals surface area contributed by atoms with Crippen molar-refractivity contribution in [2.75, 3.05) is 25.1 Å². The van der Waals surface area contributed by atoms with Gasteiger partial charge < -0.3 is 20.1 Å². The highest BCUT2D eigenvalue weighted by molar-refractivity contribution is 7.98. The molecule has 43 heavy (non-hydrogen) atoms. The first kappa shape index (κ1) is 32.2. The number of nitrogens with one attached hydrogen (secondary N) is 2. The van der Waals surface area contributed by atoms with Gasteiger partial charge in [-0.2, -0.15) is 16.9 Å². The SMILES string of the molecule is CCc1nccn1CCC(=O)N1CCCC(=O)N[C@@H](CCSC)C(=O)N[C@H](C(C)C)c2nc(-c3ccccc3)nn2CC1. The summed E-state index contributed by atoms with van der Waals surface area (Å²) in [4.78, 5) is 51.1. The van der Waals surface area contributed by atoms with Crippen LogP contribution in [0.3, 0.4) is 0 Å². The van der Waals surface area contributed by atoms with Crippen LogP contribution in [0.4, 0.5) is 0 Å². The minimum Gasteiger partial charge on any atom is -0.344 e. The fourth-order valence-corrected chi connectivity index (χ4v) is 5.72. The number of aryl methyl sites for hydroxylation is 2. The van der Waals surface area contributed by atoms with Crippen LogP contribution >= 0.6 is 11.8 Å². The second kappa shape index (κ2) is 15.7. The molecule has 11 nitrogen and oxygen atoms in total. The zero-order chi connectivity index (χ0) is 30.8. The molecule has 0 fully saturated rings. The Bertz CT molecular complexity index is 1360. The smallest absolute Gasteiger partial charge is 0.243 e. The molecule has 232 valence electrons. The molecule has 1 aliphatic heterocycles. The number of hydrogen-bond acceptors (Lipinski definition) is 7. The van der Waals surface area contributed by atoms with E-state index in [-0.39, 0.29) is 30.1 Å². The van der Waals surface area contributed by atoms with E-state index in [9.17, 15) is 14.4 Å². The molecule has 0 spiro atoms. The van der Waals surface area contributed by atoms with Crippen molar-refractivity contribution in [1.29, 1.82) is 0 Å². The molecule has 0 aliphatic carbocycles. The van der Waals surface area contributed by atoms with Gasteiger partial charge in [0.2, 0.25) is 17.7 Å². The number of amides is 3. The molecule has 0 saturated carbocycles. The van der Waals surface area contributed by atoms with Crippen molar-refractivity contribution in [3.63, 3.8) is 0 Å². The summed E-state index contributed by atoms with van der Waals surface area (Å²) in [7, 11) is 0. The maximum atomic E-state index is 13.5. The summed E-state index contributed by atoms with van der Waals surface area (Å²) in [5.41, 5.74) is 0.874. The predicted octanol–water partition coefficient (Wildman–Crippen LogP) is 3.47. The van der Waals surface area contributed by atoms with Crippen molar-refractivity contribution in [3.8, 4) is 11.4 Å². The van der Waals surface area contributed by atoms with E-state index in [2.05, 4.69) is 15.6 Å². The summed E-state index contributed by atoms with van der Waals surface area (Å²) in [5, 5.41) is 11.0. The number of benzene rings is 1. The summed E-state index contributed by atoms with van der Waals surface area (Å²) >= 11 is 1.63. The average Bonchev–Trinajstić information content (AvgIpc) is 3.65. The summed E-state index contributed by atoms with van der Waals surface area (Å²) in [6, 6.07) is 8.65. The predicted molar refractivity (Wildman–Crippen MR) is 168 cm³/mol. The Balaban J connectivity index is 1.65. The van der Waals surface area contributed by atoms with Crippen LogP contribution in [0.15, 0.2) is 42.7 Å². The standard InChI is InChI=1S/C31H44N8O3S/c1-5-25-32-15-18-37(25)17-13-27(41)38-16-9-12-26(40)33-24(14-21-43-4)31(42)34-28(22(2)3)30-35-29(36-39(30)20-19-38)23-10-7-6-8-11-23/h6-8,10-11,15,18,22,24,28H,5,9,12-14,16-17,19-21H2,1-4H3,(H,33,40)(H,34,42)/t24-,28+/m0/s1. The van der Waals surface area contributed by atoms with Gasteiger partial charge in [-0.15, -0.1) is 0 Å². The lowest BCUT2D eigenvalue weighted by Crippen LogP contribution is -2.49. The molecule has 1 aliphatic rings. The quantitative estimate of drug-likeness (QED) is 0.381. The molecule has 0 saturated heterocycles. The number of fused-ring (bicyclic) bond motifs is 1. The molecular weight excluding hydrogens is 564 g/mol. The van der Waals surface area contributed by atoms with Gasteiger partial charge in [0.25, 0.3) is 0 Å². The van der Waals surface area contributed by atoms with Crippen LogP contribution < -0.4 is 10.6 Å². The molecule has 12 heteroatoms. The third-order valence-electron chi connectivity index (χ3n) is 7.69. The third-order valence-corrected chi connectivity index (χ3v) is 8.33. The number of aromatic nitrogens is 5. The number of nitrogens with zero attached hydrogens (tertiary/aromatic N) is 6. The van der Waals surface area contributed by atoms with Crippen molar-refractivity contribution in [1.82, 2.24) is 39.8 Å². The Labute approximate surface area is 258 Å². The highest BCUT2D eigenvalue weighted by Crippen LogP contribution is 2.25. The van der Waals surface area contributed by atoms with E-state index in [1.165, 1.54) is 0 Å². The van der Waals surface area contributed by atoms with Gasteiger partial charge >= 0.3 is 0 Å². The first-order chi connectivity index (χ1) is 20.8. The van der Waals surface area contributed by atoms with Gasteiger partial charge in [0, 0.05) is 56.9 Å². The maximum Gasteiger partial charge on any atom is 0.243 e. The van der Waals surface area contributed by atoms with Gasteiger partial charge in [-0.25, -0.2) is 14.6 Å². The summed E-state index contributed by atoms with van der Waals surface area (Å²) in [5.74, 6) is 2.48. The van der Waals surface area contributed by atoms with E-state index in [1.807, 2.05) is 77.7 Å². The van der Waals surface area contributed by atoms with E-state index in [4.69, 9.17) is 10.1 Å². The van der Waals surface area contributed by atoms with E-state index in [0.717, 1.165) is 23.6 Å². The Morgan fingerprint density at radius 2 is 1.91 bits per heavy atom. The lowest BCUT2D eigenvalue weighted by Gasteiger charge is -2.28. The second-order valence-electron chi connectivity index (χ2n) is 11.1. The molecule has 3 aromatic rings. The number of rotatable bonds is 9. The molecular formula is C31H44N8O3S. The highest BCUT2D eigenvalue weighted by Gasteiger charge is 2.30. The molecule has 0 bridgehead atoms.